The lowest BCUT2D eigenvalue weighted by Crippen LogP contribution is -2.40. The van der Waals surface area contributed by atoms with E-state index in [1.165, 1.54) is 29.2 Å². The van der Waals surface area contributed by atoms with E-state index in [-0.39, 0.29) is 17.7 Å². The molecule has 0 fully saturated rings. The van der Waals surface area contributed by atoms with E-state index >= 15 is 0 Å². The zero-order chi connectivity index (χ0) is 16.0. The summed E-state index contributed by atoms with van der Waals surface area (Å²) in [5.41, 5.74) is 5.63. The third-order valence-electron chi connectivity index (χ3n) is 2.82. The molecule has 7 heteroatoms. The molecule has 3 N–H and O–H groups in total. The van der Waals surface area contributed by atoms with Gasteiger partial charge in [-0.25, -0.2) is 0 Å². The van der Waals surface area contributed by atoms with Crippen molar-refractivity contribution < 1.29 is 19.5 Å². The van der Waals surface area contributed by atoms with Crippen molar-refractivity contribution in [1.29, 1.82) is 0 Å². The van der Waals surface area contributed by atoms with Crippen molar-refractivity contribution in [3.63, 3.8) is 0 Å². The summed E-state index contributed by atoms with van der Waals surface area (Å²) in [6.45, 7) is 0.418. The van der Waals surface area contributed by atoms with Gasteiger partial charge in [-0.3, -0.25) is 14.4 Å². The third-order valence-corrected chi connectivity index (χ3v) is 2.82. The predicted molar refractivity (Wildman–Crippen MR) is 77.1 cm³/mol. The van der Waals surface area contributed by atoms with Crippen LogP contribution in [0.4, 0.5) is 0 Å². The summed E-state index contributed by atoms with van der Waals surface area (Å²) in [4.78, 5) is 37.5. The van der Waals surface area contributed by atoms with E-state index < -0.39 is 24.3 Å². The van der Waals surface area contributed by atoms with Crippen LogP contribution in [0.15, 0.2) is 24.3 Å². The monoisotopic (exact) mass is 293 g/mol. The van der Waals surface area contributed by atoms with Crippen LogP contribution in [0.3, 0.4) is 0 Å². The van der Waals surface area contributed by atoms with Gasteiger partial charge in [0.15, 0.2) is 0 Å². The van der Waals surface area contributed by atoms with Gasteiger partial charge in [-0.15, -0.1) is 0 Å². The zero-order valence-corrected chi connectivity index (χ0v) is 12.1. The first-order chi connectivity index (χ1) is 9.81. The number of hydrogen-bond donors (Lipinski definition) is 2. The molecule has 0 bridgehead atoms. The number of primary amides is 1. The van der Waals surface area contributed by atoms with Crippen molar-refractivity contribution >= 4 is 17.8 Å². The molecule has 0 saturated carbocycles. The van der Waals surface area contributed by atoms with E-state index in [2.05, 4.69) is 0 Å². The van der Waals surface area contributed by atoms with Crippen molar-refractivity contribution in [1.82, 2.24) is 9.80 Å². The van der Waals surface area contributed by atoms with Crippen LogP contribution in [0.5, 0.6) is 0 Å². The maximum absolute atomic E-state index is 12.4. The van der Waals surface area contributed by atoms with Gasteiger partial charge in [0.05, 0.1) is 0 Å². The molecule has 2 amide bonds. The maximum Gasteiger partial charge on any atom is 0.323 e. The first-order valence-electron chi connectivity index (χ1n) is 6.37. The minimum Gasteiger partial charge on any atom is -0.480 e. The summed E-state index contributed by atoms with van der Waals surface area (Å²) in [6.07, 6.45) is 0. The van der Waals surface area contributed by atoms with E-state index in [9.17, 15) is 14.4 Å². The van der Waals surface area contributed by atoms with Gasteiger partial charge in [-0.1, -0.05) is 6.07 Å². The molecule has 0 aliphatic heterocycles. The molecule has 0 aromatic heterocycles. The molecule has 0 aliphatic carbocycles. The molecule has 0 heterocycles. The van der Waals surface area contributed by atoms with Gasteiger partial charge in [0.2, 0.25) is 5.91 Å². The number of carbonyl (C=O) groups is 3. The molecule has 0 aliphatic rings. The number of hydrogen-bond acceptors (Lipinski definition) is 4. The van der Waals surface area contributed by atoms with Gasteiger partial charge in [0, 0.05) is 24.2 Å². The Hall–Kier alpha value is -2.41. The Morgan fingerprint density at radius 3 is 2.29 bits per heavy atom. The standard InChI is InChI=1S/C14H19N3O4/c1-16(2)6-7-17(9-12(18)19)14(21)11-5-3-4-10(8-11)13(15)20/h3-5,8H,6-7,9H2,1-2H3,(H2,15,20)(H,18,19). The number of carboxylic acid groups (broad SMARTS) is 1. The number of amides is 2. The normalized spacial score (nSPS) is 10.4. The fraction of sp³-hybridized carbons (Fsp3) is 0.357. The summed E-state index contributed by atoms with van der Waals surface area (Å²) in [5, 5.41) is 8.91. The molecule has 0 spiro atoms. The Labute approximate surface area is 122 Å². The average Bonchev–Trinajstić information content (AvgIpc) is 2.42. The van der Waals surface area contributed by atoms with Gasteiger partial charge in [0.25, 0.3) is 5.91 Å². The molecule has 0 saturated heterocycles. The fourth-order valence-corrected chi connectivity index (χ4v) is 1.72. The van der Waals surface area contributed by atoms with E-state index in [4.69, 9.17) is 10.8 Å². The minimum absolute atomic E-state index is 0.212. The van der Waals surface area contributed by atoms with Crippen LogP contribution in [-0.2, 0) is 4.79 Å². The second-order valence-corrected chi connectivity index (χ2v) is 4.87. The van der Waals surface area contributed by atoms with Gasteiger partial charge in [-0.2, -0.15) is 0 Å². The molecule has 0 atom stereocenters. The lowest BCUT2D eigenvalue weighted by Gasteiger charge is -2.22. The van der Waals surface area contributed by atoms with E-state index in [0.717, 1.165) is 0 Å². The SMILES string of the molecule is CN(C)CCN(CC(=O)O)C(=O)c1cccc(C(N)=O)c1. The summed E-state index contributed by atoms with van der Waals surface area (Å²) in [5.74, 6) is -2.17. The number of likely N-dealkylation sites (N-methyl/N-ethyl adjacent to an activating group) is 1. The van der Waals surface area contributed by atoms with E-state index in [1.807, 2.05) is 19.0 Å². The Balaban J connectivity index is 2.95. The second kappa shape index (κ2) is 7.39. The number of rotatable bonds is 7. The zero-order valence-electron chi connectivity index (χ0n) is 12.1. The number of benzene rings is 1. The first-order valence-corrected chi connectivity index (χ1v) is 6.37. The van der Waals surface area contributed by atoms with Crippen molar-refractivity contribution in [3.8, 4) is 0 Å². The number of nitrogens with zero attached hydrogens (tertiary/aromatic N) is 2. The molecular weight excluding hydrogens is 274 g/mol. The van der Waals surface area contributed by atoms with Gasteiger partial charge in [0.1, 0.15) is 6.54 Å². The molecule has 1 rings (SSSR count). The Kier molecular flexibility index (Phi) is 5.86. The minimum atomic E-state index is -1.09. The number of carboxylic acids is 1. The molecule has 1 aromatic carbocycles. The Morgan fingerprint density at radius 1 is 1.14 bits per heavy atom. The molecule has 0 radical (unpaired) electrons. The summed E-state index contributed by atoms with van der Waals surface area (Å²) in [7, 11) is 3.66. The summed E-state index contributed by atoms with van der Waals surface area (Å²) in [6, 6.07) is 5.94. The van der Waals surface area contributed by atoms with Crippen molar-refractivity contribution in [3.05, 3.63) is 35.4 Å². The van der Waals surface area contributed by atoms with Crippen molar-refractivity contribution in [2.24, 2.45) is 5.73 Å². The maximum atomic E-state index is 12.4. The highest BCUT2D eigenvalue weighted by Crippen LogP contribution is 2.08. The highest BCUT2D eigenvalue weighted by atomic mass is 16.4. The van der Waals surface area contributed by atoms with Crippen LogP contribution in [0.1, 0.15) is 20.7 Å². The summed E-state index contributed by atoms with van der Waals surface area (Å²) < 4.78 is 0. The molecule has 114 valence electrons. The van der Waals surface area contributed by atoms with Gasteiger partial charge >= 0.3 is 5.97 Å². The van der Waals surface area contributed by atoms with Crippen LogP contribution < -0.4 is 5.73 Å². The second-order valence-electron chi connectivity index (χ2n) is 4.87. The van der Waals surface area contributed by atoms with E-state index in [0.29, 0.717) is 6.54 Å². The third kappa shape index (κ3) is 5.23. The van der Waals surface area contributed by atoms with Gasteiger partial charge in [-0.05, 0) is 32.3 Å². The average molecular weight is 293 g/mol. The number of nitrogens with two attached hydrogens (primary N) is 1. The molecular formula is C14H19N3O4. The topological polar surface area (TPSA) is 104 Å². The molecule has 0 unspecified atom stereocenters. The van der Waals surface area contributed by atoms with Crippen LogP contribution in [0.2, 0.25) is 0 Å². The smallest absolute Gasteiger partial charge is 0.323 e. The van der Waals surface area contributed by atoms with E-state index in [1.54, 1.807) is 0 Å². The van der Waals surface area contributed by atoms with Crippen LogP contribution in [0.25, 0.3) is 0 Å². The highest BCUT2D eigenvalue weighted by Gasteiger charge is 2.19. The van der Waals surface area contributed by atoms with Gasteiger partial charge < -0.3 is 20.6 Å². The largest absolute Gasteiger partial charge is 0.480 e. The number of aliphatic carboxylic acids is 1. The lowest BCUT2D eigenvalue weighted by molar-refractivity contribution is -0.137. The lowest BCUT2D eigenvalue weighted by atomic mass is 10.1. The summed E-state index contributed by atoms with van der Waals surface area (Å²) >= 11 is 0. The van der Waals surface area contributed by atoms with Crippen LogP contribution >= 0.6 is 0 Å². The van der Waals surface area contributed by atoms with Crippen LogP contribution in [0, 0.1) is 0 Å². The Morgan fingerprint density at radius 2 is 1.76 bits per heavy atom. The fourth-order valence-electron chi connectivity index (χ4n) is 1.72. The number of carbonyl (C=O) groups excluding carboxylic acids is 2. The molecule has 21 heavy (non-hydrogen) atoms. The highest BCUT2D eigenvalue weighted by molar-refractivity contribution is 5.99. The van der Waals surface area contributed by atoms with Crippen LogP contribution in [-0.4, -0.2) is 66.4 Å². The first kappa shape index (κ1) is 16.6. The molecule has 1 aromatic rings. The van der Waals surface area contributed by atoms with Crippen molar-refractivity contribution in [2.45, 2.75) is 0 Å². The van der Waals surface area contributed by atoms with Crippen molar-refractivity contribution in [2.75, 3.05) is 33.7 Å². The molecule has 7 nitrogen and oxygen atoms in total. The quantitative estimate of drug-likeness (QED) is 0.729. The Bertz CT molecular complexity index is 543. The predicted octanol–water partition coefficient (Wildman–Crippen LogP) is -0.126.